The Morgan fingerprint density at radius 3 is 1.50 bits per heavy atom. The average molecular weight is 159 g/mol. The standard InChI is InChI=1S/C5H4F5/c1-2-3-4(6,7)5(8,9)10/h2-3H,1H2. The highest BCUT2D eigenvalue weighted by Crippen LogP contribution is 2.36. The van der Waals surface area contributed by atoms with Crippen LogP contribution in [0.1, 0.15) is 0 Å². The zero-order valence-electron chi connectivity index (χ0n) is 4.75. The second-order valence-corrected chi connectivity index (χ2v) is 1.52. The van der Waals surface area contributed by atoms with E-state index in [4.69, 9.17) is 0 Å². The van der Waals surface area contributed by atoms with Crippen LogP contribution >= 0.6 is 0 Å². The molecule has 10 heavy (non-hydrogen) atoms. The molecule has 0 heterocycles. The minimum atomic E-state index is -5.51. The first kappa shape index (κ1) is 9.39. The zero-order valence-corrected chi connectivity index (χ0v) is 4.75. The van der Waals surface area contributed by atoms with Gasteiger partial charge in [-0.15, -0.1) is 0 Å². The largest absolute Gasteiger partial charge is 0.457 e. The molecule has 0 aromatic heterocycles. The number of allylic oxidation sites excluding steroid dienone is 2. The average Bonchev–Trinajstić information content (AvgIpc) is 1.61. The fourth-order valence-electron chi connectivity index (χ4n) is 0.243. The van der Waals surface area contributed by atoms with Crippen molar-refractivity contribution >= 4 is 0 Å². The van der Waals surface area contributed by atoms with Crippen LogP contribution in [-0.4, -0.2) is 12.1 Å². The van der Waals surface area contributed by atoms with Gasteiger partial charge < -0.3 is 0 Å². The molecule has 0 fully saturated rings. The van der Waals surface area contributed by atoms with Gasteiger partial charge in [-0.2, -0.15) is 22.0 Å². The van der Waals surface area contributed by atoms with Crippen molar-refractivity contribution in [1.82, 2.24) is 0 Å². The molecule has 0 aliphatic rings. The van der Waals surface area contributed by atoms with Gasteiger partial charge in [0.15, 0.2) is 0 Å². The van der Waals surface area contributed by atoms with Crippen LogP contribution < -0.4 is 0 Å². The Morgan fingerprint density at radius 1 is 1.00 bits per heavy atom. The summed E-state index contributed by atoms with van der Waals surface area (Å²) in [5, 5.41) is 0. The molecular weight excluding hydrogens is 155 g/mol. The van der Waals surface area contributed by atoms with Gasteiger partial charge in [-0.3, -0.25) is 0 Å². The molecule has 59 valence electrons. The van der Waals surface area contributed by atoms with Crippen molar-refractivity contribution in [3.63, 3.8) is 0 Å². The molecule has 0 amide bonds. The van der Waals surface area contributed by atoms with Gasteiger partial charge in [-0.05, 0) is 13.0 Å². The Morgan fingerprint density at radius 2 is 1.40 bits per heavy atom. The van der Waals surface area contributed by atoms with Crippen molar-refractivity contribution in [2.75, 3.05) is 0 Å². The summed E-state index contributed by atoms with van der Waals surface area (Å²) in [5.41, 5.74) is 0. The number of rotatable bonds is 1. The van der Waals surface area contributed by atoms with Crippen LogP contribution in [-0.2, 0) is 0 Å². The Hall–Kier alpha value is -0.610. The normalized spacial score (nSPS) is 14.6. The van der Waals surface area contributed by atoms with Crippen LogP contribution in [0.4, 0.5) is 22.0 Å². The lowest BCUT2D eigenvalue weighted by molar-refractivity contribution is -0.259. The maximum absolute atomic E-state index is 11.7. The fraction of sp³-hybridized carbons (Fsp3) is 0.400. The molecule has 0 aliphatic heterocycles. The predicted molar refractivity (Wildman–Crippen MR) is 25.5 cm³/mol. The molecule has 0 aromatic rings. The predicted octanol–water partition coefficient (Wildman–Crippen LogP) is 2.57. The first-order valence-electron chi connectivity index (χ1n) is 2.23. The van der Waals surface area contributed by atoms with Gasteiger partial charge in [0.25, 0.3) is 0 Å². The molecule has 5 heteroatoms. The third-order valence-corrected chi connectivity index (χ3v) is 0.705. The van der Waals surface area contributed by atoms with Crippen molar-refractivity contribution in [1.29, 1.82) is 0 Å². The fourth-order valence-corrected chi connectivity index (χ4v) is 0.243. The van der Waals surface area contributed by atoms with Gasteiger partial charge in [0.1, 0.15) is 0 Å². The Balaban J connectivity index is 4.40. The highest BCUT2D eigenvalue weighted by Gasteiger charge is 2.55. The number of alkyl halides is 5. The Kier molecular flexibility index (Phi) is 2.40. The summed E-state index contributed by atoms with van der Waals surface area (Å²) in [7, 11) is 0. The molecule has 0 N–H and O–H groups in total. The van der Waals surface area contributed by atoms with Crippen molar-refractivity contribution in [2.24, 2.45) is 0 Å². The van der Waals surface area contributed by atoms with E-state index in [9.17, 15) is 22.0 Å². The molecule has 0 nitrogen and oxygen atoms in total. The molecule has 0 aliphatic carbocycles. The van der Waals surface area contributed by atoms with E-state index < -0.39 is 12.1 Å². The summed E-state index contributed by atoms with van der Waals surface area (Å²) in [6.07, 6.45) is -5.40. The molecule has 0 saturated carbocycles. The number of hydrogen-bond donors (Lipinski definition) is 0. The lowest BCUT2D eigenvalue weighted by Gasteiger charge is -2.14. The first-order valence-corrected chi connectivity index (χ1v) is 2.23. The second kappa shape index (κ2) is 2.56. The van der Waals surface area contributed by atoms with Crippen molar-refractivity contribution in [2.45, 2.75) is 12.1 Å². The minimum absolute atomic E-state index is 0.299. The van der Waals surface area contributed by atoms with E-state index in [1.807, 2.05) is 0 Å². The summed E-state index contributed by atoms with van der Waals surface area (Å²) in [5.74, 6) is -4.76. The molecule has 0 aromatic carbocycles. The molecule has 1 radical (unpaired) electrons. The molecule has 0 rings (SSSR count). The first-order chi connectivity index (χ1) is 4.31. The van der Waals surface area contributed by atoms with Gasteiger partial charge in [0, 0.05) is 0 Å². The smallest absolute Gasteiger partial charge is 0.192 e. The highest BCUT2D eigenvalue weighted by atomic mass is 19.4. The SMILES string of the molecule is [CH2]C=CC(F)(F)C(F)(F)F. The van der Waals surface area contributed by atoms with Crippen molar-refractivity contribution in [3.8, 4) is 0 Å². The maximum atomic E-state index is 11.7. The Bertz CT molecular complexity index is 131. The monoisotopic (exact) mass is 159 g/mol. The molecular formula is C5H4F5. The quantitative estimate of drug-likeness (QED) is 0.516. The van der Waals surface area contributed by atoms with E-state index in [1.54, 1.807) is 0 Å². The summed E-state index contributed by atoms with van der Waals surface area (Å²) < 4.78 is 56.9. The van der Waals surface area contributed by atoms with E-state index >= 15 is 0 Å². The summed E-state index contributed by atoms with van der Waals surface area (Å²) >= 11 is 0. The van der Waals surface area contributed by atoms with E-state index in [0.29, 0.717) is 6.08 Å². The lowest BCUT2D eigenvalue weighted by Crippen LogP contribution is -2.33. The third kappa shape index (κ3) is 1.97. The lowest BCUT2D eigenvalue weighted by atomic mass is 10.3. The van der Waals surface area contributed by atoms with Crippen LogP contribution in [0, 0.1) is 6.92 Å². The Labute approximate surface area is 54.3 Å². The van der Waals surface area contributed by atoms with Crippen LogP contribution in [0.3, 0.4) is 0 Å². The minimum Gasteiger partial charge on any atom is -0.192 e. The van der Waals surface area contributed by atoms with Crippen LogP contribution in [0.2, 0.25) is 0 Å². The van der Waals surface area contributed by atoms with E-state index in [1.165, 1.54) is 0 Å². The van der Waals surface area contributed by atoms with Gasteiger partial charge in [-0.1, -0.05) is 6.08 Å². The highest BCUT2D eigenvalue weighted by molar-refractivity contribution is 5.00. The van der Waals surface area contributed by atoms with Crippen LogP contribution in [0.25, 0.3) is 0 Å². The molecule has 0 unspecified atom stereocenters. The number of halogens is 5. The van der Waals surface area contributed by atoms with Crippen molar-refractivity contribution in [3.05, 3.63) is 19.1 Å². The van der Waals surface area contributed by atoms with Crippen LogP contribution in [0.5, 0.6) is 0 Å². The van der Waals surface area contributed by atoms with Gasteiger partial charge >= 0.3 is 12.1 Å². The van der Waals surface area contributed by atoms with Crippen LogP contribution in [0.15, 0.2) is 12.2 Å². The zero-order chi connectivity index (χ0) is 8.41. The summed E-state index contributed by atoms with van der Waals surface area (Å²) in [4.78, 5) is 0. The van der Waals surface area contributed by atoms with Gasteiger partial charge in [0.05, 0.1) is 0 Å². The number of hydrogen-bond acceptors (Lipinski definition) is 0. The van der Waals surface area contributed by atoms with E-state index in [2.05, 4.69) is 6.92 Å². The van der Waals surface area contributed by atoms with E-state index in [0.717, 1.165) is 0 Å². The second-order valence-electron chi connectivity index (χ2n) is 1.52. The molecule has 0 atom stereocenters. The maximum Gasteiger partial charge on any atom is 0.457 e. The molecule has 0 saturated heterocycles. The van der Waals surface area contributed by atoms with Gasteiger partial charge in [0.2, 0.25) is 0 Å². The van der Waals surface area contributed by atoms with E-state index in [-0.39, 0.29) is 6.08 Å². The molecule has 0 bridgehead atoms. The van der Waals surface area contributed by atoms with Gasteiger partial charge in [-0.25, -0.2) is 0 Å². The topological polar surface area (TPSA) is 0 Å². The summed E-state index contributed by atoms with van der Waals surface area (Å²) in [6, 6.07) is 0. The summed E-state index contributed by atoms with van der Waals surface area (Å²) in [6.45, 7) is 2.72. The molecule has 0 spiro atoms. The van der Waals surface area contributed by atoms with Crippen molar-refractivity contribution < 1.29 is 22.0 Å². The third-order valence-electron chi connectivity index (χ3n) is 0.705.